The first-order valence-electron chi connectivity index (χ1n) is 9.82. The van der Waals surface area contributed by atoms with E-state index in [1.165, 1.54) is 43.0 Å². The van der Waals surface area contributed by atoms with Crippen molar-refractivity contribution in [3.63, 3.8) is 0 Å². The van der Waals surface area contributed by atoms with E-state index < -0.39 is 0 Å². The van der Waals surface area contributed by atoms with Gasteiger partial charge in [0.1, 0.15) is 5.82 Å². The number of thioether (sulfide) groups is 1. The van der Waals surface area contributed by atoms with Gasteiger partial charge in [-0.15, -0.1) is 11.8 Å². The summed E-state index contributed by atoms with van der Waals surface area (Å²) in [6.45, 7) is 3.33. The summed E-state index contributed by atoms with van der Waals surface area (Å²) in [6.07, 6.45) is 0. The maximum Gasteiger partial charge on any atom is 0.237 e. The van der Waals surface area contributed by atoms with E-state index in [1.54, 1.807) is 31.2 Å². The van der Waals surface area contributed by atoms with Crippen LogP contribution in [0.3, 0.4) is 0 Å². The van der Waals surface area contributed by atoms with E-state index in [0.717, 1.165) is 16.3 Å². The molecule has 0 saturated carbocycles. The highest BCUT2D eigenvalue weighted by Crippen LogP contribution is 2.27. The minimum absolute atomic E-state index is 0.00661. The third-order valence-corrected chi connectivity index (χ3v) is 5.73. The number of rotatable bonds is 7. The second-order valence-electron chi connectivity index (χ2n) is 7.00. The molecule has 3 N–H and O–H groups in total. The standard InChI is InChI=1S/C24H22FN3O2S2/c1-15(29)17-6-10-20(11-7-17)27-24(31)28-21-4-3-5-22(14-21)32-16(2)23(30)26-19-12-8-18(25)9-13-19/h3-14,16H,1-2H3,(H,26,30)(H2,27,28,31). The Bertz CT molecular complexity index is 1120. The van der Waals surface area contributed by atoms with Crippen LogP contribution < -0.4 is 16.0 Å². The number of hydrogen-bond acceptors (Lipinski definition) is 4. The Hall–Kier alpha value is -3.23. The van der Waals surface area contributed by atoms with E-state index in [-0.39, 0.29) is 22.8 Å². The number of carbonyl (C=O) groups excluding carboxylic acids is 2. The molecular formula is C24H22FN3O2S2. The lowest BCUT2D eigenvalue weighted by Gasteiger charge is -2.14. The van der Waals surface area contributed by atoms with Gasteiger partial charge in [-0.2, -0.15) is 0 Å². The molecule has 1 unspecified atom stereocenters. The van der Waals surface area contributed by atoms with E-state index in [9.17, 15) is 14.0 Å². The first-order valence-corrected chi connectivity index (χ1v) is 11.1. The SMILES string of the molecule is CC(=O)c1ccc(NC(=S)Nc2cccc(SC(C)C(=O)Nc3ccc(F)cc3)c2)cc1. The van der Waals surface area contributed by atoms with Gasteiger partial charge in [-0.05, 0) is 92.8 Å². The molecule has 3 aromatic carbocycles. The number of hydrogen-bond donors (Lipinski definition) is 3. The number of anilines is 3. The van der Waals surface area contributed by atoms with Crippen LogP contribution in [0.5, 0.6) is 0 Å². The summed E-state index contributed by atoms with van der Waals surface area (Å²) in [5.41, 5.74) is 2.73. The average molecular weight is 468 g/mol. The molecule has 5 nitrogen and oxygen atoms in total. The average Bonchev–Trinajstić information content (AvgIpc) is 2.76. The van der Waals surface area contributed by atoms with Crippen molar-refractivity contribution in [2.45, 2.75) is 24.0 Å². The minimum atomic E-state index is -0.361. The zero-order valence-corrected chi connectivity index (χ0v) is 19.1. The Morgan fingerprint density at radius 3 is 2.12 bits per heavy atom. The van der Waals surface area contributed by atoms with Crippen LogP contribution in [0.15, 0.2) is 77.7 Å². The Labute approximate surface area is 195 Å². The summed E-state index contributed by atoms with van der Waals surface area (Å²) in [7, 11) is 0. The molecule has 0 aliphatic rings. The highest BCUT2D eigenvalue weighted by atomic mass is 32.2. The summed E-state index contributed by atoms with van der Waals surface area (Å²) in [4.78, 5) is 24.7. The van der Waals surface area contributed by atoms with E-state index in [0.29, 0.717) is 16.4 Å². The van der Waals surface area contributed by atoms with Crippen molar-refractivity contribution in [2.24, 2.45) is 0 Å². The van der Waals surface area contributed by atoms with Crippen LogP contribution >= 0.6 is 24.0 Å². The summed E-state index contributed by atoms with van der Waals surface area (Å²) < 4.78 is 13.0. The van der Waals surface area contributed by atoms with Gasteiger partial charge in [0.2, 0.25) is 5.91 Å². The third kappa shape index (κ3) is 6.90. The molecule has 0 aliphatic heterocycles. The Kier molecular flexibility index (Phi) is 7.97. The molecule has 0 heterocycles. The molecule has 0 aromatic heterocycles. The lowest BCUT2D eigenvalue weighted by molar-refractivity contribution is -0.115. The fraction of sp³-hybridized carbons (Fsp3) is 0.125. The van der Waals surface area contributed by atoms with Crippen LogP contribution in [-0.2, 0) is 4.79 Å². The quantitative estimate of drug-likeness (QED) is 0.226. The molecule has 0 saturated heterocycles. The minimum Gasteiger partial charge on any atom is -0.332 e. The first kappa shape index (κ1) is 23.4. The molecule has 0 spiro atoms. The zero-order chi connectivity index (χ0) is 23.1. The maximum atomic E-state index is 13.0. The van der Waals surface area contributed by atoms with Crippen LogP contribution in [-0.4, -0.2) is 22.1 Å². The van der Waals surface area contributed by atoms with Crippen molar-refractivity contribution < 1.29 is 14.0 Å². The van der Waals surface area contributed by atoms with E-state index in [1.807, 2.05) is 24.3 Å². The van der Waals surface area contributed by atoms with Crippen molar-refractivity contribution in [2.75, 3.05) is 16.0 Å². The van der Waals surface area contributed by atoms with Crippen LogP contribution in [0.2, 0.25) is 0 Å². The van der Waals surface area contributed by atoms with Crippen LogP contribution in [0.25, 0.3) is 0 Å². The van der Waals surface area contributed by atoms with Gasteiger partial charge >= 0.3 is 0 Å². The summed E-state index contributed by atoms with van der Waals surface area (Å²) in [5, 5.41) is 9.02. The van der Waals surface area contributed by atoms with Gasteiger partial charge in [-0.1, -0.05) is 6.07 Å². The van der Waals surface area contributed by atoms with E-state index in [4.69, 9.17) is 12.2 Å². The zero-order valence-electron chi connectivity index (χ0n) is 17.5. The molecule has 1 amide bonds. The number of carbonyl (C=O) groups is 2. The van der Waals surface area contributed by atoms with Crippen LogP contribution in [0.1, 0.15) is 24.2 Å². The fourth-order valence-electron chi connectivity index (χ4n) is 2.76. The van der Waals surface area contributed by atoms with Crippen molar-refractivity contribution in [1.29, 1.82) is 0 Å². The molecule has 3 aromatic rings. The van der Waals surface area contributed by atoms with Gasteiger partial charge in [0, 0.05) is 27.5 Å². The molecule has 0 radical (unpaired) electrons. The molecule has 8 heteroatoms. The Balaban J connectivity index is 1.55. The van der Waals surface area contributed by atoms with Gasteiger partial charge in [-0.25, -0.2) is 4.39 Å². The van der Waals surface area contributed by atoms with Gasteiger partial charge in [-0.3, -0.25) is 9.59 Å². The molecule has 1 atom stereocenters. The Morgan fingerprint density at radius 1 is 0.875 bits per heavy atom. The predicted molar refractivity (Wildman–Crippen MR) is 133 cm³/mol. The first-order chi connectivity index (χ1) is 15.3. The summed E-state index contributed by atoms with van der Waals surface area (Å²) in [5.74, 6) is -0.520. The number of Topliss-reactive ketones (excluding diaryl/α,β-unsaturated/α-hetero) is 1. The summed E-state index contributed by atoms with van der Waals surface area (Å²) >= 11 is 6.77. The van der Waals surface area contributed by atoms with Gasteiger partial charge in [0.05, 0.1) is 5.25 Å². The van der Waals surface area contributed by atoms with Gasteiger partial charge < -0.3 is 16.0 Å². The second kappa shape index (κ2) is 10.9. The highest BCUT2D eigenvalue weighted by Gasteiger charge is 2.15. The van der Waals surface area contributed by atoms with Crippen molar-refractivity contribution >= 4 is 57.8 Å². The molecule has 0 fully saturated rings. The molecule has 164 valence electrons. The number of amides is 1. The molecule has 3 rings (SSSR count). The van der Waals surface area contributed by atoms with Gasteiger partial charge in [0.15, 0.2) is 10.9 Å². The Morgan fingerprint density at radius 2 is 1.47 bits per heavy atom. The van der Waals surface area contributed by atoms with Gasteiger partial charge in [0.25, 0.3) is 0 Å². The normalized spacial score (nSPS) is 11.3. The number of benzene rings is 3. The van der Waals surface area contributed by atoms with Crippen molar-refractivity contribution in [3.8, 4) is 0 Å². The maximum absolute atomic E-state index is 13.0. The van der Waals surface area contributed by atoms with Crippen molar-refractivity contribution in [1.82, 2.24) is 0 Å². The predicted octanol–water partition coefficient (Wildman–Crippen LogP) is 5.96. The van der Waals surface area contributed by atoms with Crippen LogP contribution in [0.4, 0.5) is 21.5 Å². The van der Waals surface area contributed by atoms with Crippen molar-refractivity contribution in [3.05, 3.63) is 84.2 Å². The number of nitrogens with one attached hydrogen (secondary N) is 3. The summed E-state index contributed by atoms with van der Waals surface area (Å²) in [6, 6.07) is 20.3. The van der Waals surface area contributed by atoms with E-state index in [2.05, 4.69) is 16.0 Å². The molecule has 0 aliphatic carbocycles. The molecule has 0 bridgehead atoms. The lowest BCUT2D eigenvalue weighted by atomic mass is 10.1. The fourth-order valence-corrected chi connectivity index (χ4v) is 3.93. The highest BCUT2D eigenvalue weighted by molar-refractivity contribution is 8.00. The monoisotopic (exact) mass is 467 g/mol. The number of thiocarbonyl (C=S) groups is 1. The third-order valence-electron chi connectivity index (χ3n) is 4.44. The van der Waals surface area contributed by atoms with Crippen LogP contribution in [0, 0.1) is 5.82 Å². The smallest absolute Gasteiger partial charge is 0.237 e. The van der Waals surface area contributed by atoms with E-state index >= 15 is 0 Å². The number of ketones is 1. The molecule has 32 heavy (non-hydrogen) atoms. The largest absolute Gasteiger partial charge is 0.332 e. The lowest BCUT2D eigenvalue weighted by Crippen LogP contribution is -2.22. The topological polar surface area (TPSA) is 70.2 Å². The number of halogens is 1. The second-order valence-corrected chi connectivity index (χ2v) is 8.82. The molecular weight excluding hydrogens is 445 g/mol.